The Bertz CT molecular complexity index is 885. The number of urea groups is 1. The van der Waals surface area contributed by atoms with Gasteiger partial charge in [-0.25, -0.2) is 8.42 Å². The molecular formula is C20H26KN3O3S. The topological polar surface area (TPSA) is 80.6 Å². The molecule has 5 rings (SSSR count). The second-order valence-corrected chi connectivity index (χ2v) is 10.9. The number of anilines is 1. The van der Waals surface area contributed by atoms with Gasteiger partial charge >= 0.3 is 51.4 Å². The summed E-state index contributed by atoms with van der Waals surface area (Å²) >= 11 is 0. The predicted molar refractivity (Wildman–Crippen MR) is 105 cm³/mol. The number of carbonyl (C=O) groups is 1. The number of nitrogens with zero attached hydrogens (tertiary/aromatic N) is 2. The first kappa shape index (κ1) is 21.3. The Morgan fingerprint density at radius 1 is 1.11 bits per heavy atom. The molecule has 0 aromatic heterocycles. The van der Waals surface area contributed by atoms with Crippen LogP contribution in [0.1, 0.15) is 47.9 Å². The van der Waals surface area contributed by atoms with Crippen molar-refractivity contribution in [3.63, 3.8) is 0 Å². The molecule has 4 aliphatic rings. The second-order valence-electron chi connectivity index (χ2n) is 8.97. The van der Waals surface area contributed by atoms with Crippen LogP contribution in [0.2, 0.25) is 0 Å². The normalized spacial score (nSPS) is 22.6. The summed E-state index contributed by atoms with van der Waals surface area (Å²) in [5.74, 6) is 0. The van der Waals surface area contributed by atoms with Crippen LogP contribution in [0.5, 0.6) is 0 Å². The summed E-state index contributed by atoms with van der Waals surface area (Å²) in [6.45, 7) is 1.90. The van der Waals surface area contributed by atoms with Crippen LogP contribution in [-0.4, -0.2) is 44.7 Å². The van der Waals surface area contributed by atoms with Gasteiger partial charge in [0.15, 0.2) is 16.1 Å². The van der Waals surface area contributed by atoms with Crippen LogP contribution in [0.25, 0.3) is 4.72 Å². The molecule has 2 amide bonds. The molecular weight excluding hydrogens is 401 g/mol. The third kappa shape index (κ3) is 3.63. The molecule has 0 radical (unpaired) electrons. The Morgan fingerprint density at radius 2 is 1.68 bits per heavy atom. The van der Waals surface area contributed by atoms with Crippen molar-refractivity contribution >= 4 is 21.7 Å². The van der Waals surface area contributed by atoms with Gasteiger partial charge in [-0.2, -0.15) is 0 Å². The van der Waals surface area contributed by atoms with Crippen LogP contribution < -0.4 is 56.7 Å². The number of fused-ring (bicyclic) bond motifs is 2. The number of benzene rings is 1. The fourth-order valence-electron chi connectivity index (χ4n) is 5.76. The first-order chi connectivity index (χ1) is 12.9. The van der Waals surface area contributed by atoms with E-state index in [1.807, 2.05) is 7.05 Å². The van der Waals surface area contributed by atoms with E-state index in [0.717, 1.165) is 57.3 Å². The maximum atomic E-state index is 12.5. The summed E-state index contributed by atoms with van der Waals surface area (Å²) in [5.41, 5.74) is 6.01. The largest absolute Gasteiger partial charge is 1.00 e. The Labute approximate surface area is 209 Å². The van der Waals surface area contributed by atoms with Crippen LogP contribution in [0.15, 0.2) is 6.07 Å². The van der Waals surface area contributed by atoms with Gasteiger partial charge in [-0.15, -0.1) is 0 Å². The number of carbonyl (C=O) groups excluding carboxylic acids is 1. The van der Waals surface area contributed by atoms with Gasteiger partial charge in [0.2, 0.25) is 0 Å². The summed E-state index contributed by atoms with van der Waals surface area (Å²) in [6, 6.07) is 1.56. The fourth-order valence-corrected chi connectivity index (χ4v) is 7.32. The molecule has 1 aliphatic heterocycles. The van der Waals surface area contributed by atoms with E-state index in [1.54, 1.807) is 0 Å². The minimum atomic E-state index is -3.74. The van der Waals surface area contributed by atoms with Crippen LogP contribution in [0.4, 0.5) is 10.5 Å². The van der Waals surface area contributed by atoms with E-state index in [0.29, 0.717) is 12.8 Å². The maximum Gasteiger partial charge on any atom is 1.00 e. The molecule has 1 N–H and O–H groups in total. The summed E-state index contributed by atoms with van der Waals surface area (Å²) in [5, 5.41) is 2.37. The quantitative estimate of drug-likeness (QED) is 0.689. The molecule has 146 valence electrons. The van der Waals surface area contributed by atoms with Crippen molar-refractivity contribution in [2.24, 2.45) is 5.41 Å². The Kier molecular flexibility index (Phi) is 5.79. The smallest absolute Gasteiger partial charge is 0.423 e. The van der Waals surface area contributed by atoms with Gasteiger partial charge in [0.1, 0.15) is 0 Å². The van der Waals surface area contributed by atoms with Gasteiger partial charge in [-0.3, -0.25) is 4.79 Å². The first-order valence-corrected chi connectivity index (χ1v) is 11.5. The number of amides is 2. The zero-order valence-electron chi connectivity index (χ0n) is 16.8. The summed E-state index contributed by atoms with van der Waals surface area (Å²) in [6.07, 6.45) is 7.43. The average molecular weight is 428 g/mol. The monoisotopic (exact) mass is 427 g/mol. The molecule has 8 heteroatoms. The maximum absolute atomic E-state index is 12.5. The van der Waals surface area contributed by atoms with Crippen LogP contribution in [0, 0.1) is 5.41 Å². The minimum Gasteiger partial charge on any atom is -0.423 e. The Balaban J connectivity index is 0.00000192. The summed E-state index contributed by atoms with van der Waals surface area (Å²) in [4.78, 5) is 14.7. The number of hydrogen-bond acceptors (Lipinski definition) is 4. The third-order valence-electron chi connectivity index (χ3n) is 6.87. The van der Waals surface area contributed by atoms with E-state index in [9.17, 15) is 13.2 Å². The zero-order valence-corrected chi connectivity index (χ0v) is 20.7. The SMILES string of the molecule is CN1CC2(CC(S(=O)(=O)[N-]C(=O)Nc3c4c(cc5c3CCC5)CCC4)C2)C1.[K+]. The standard InChI is InChI=1S/C20H27N3O3S.K/c1-23-11-20(12-23)9-15(10-20)27(25,26)22-19(24)21-18-16-6-2-4-13(16)8-14-5-3-7-17(14)18;/h8,15H,2-7,9-12H2,1H3,(H2,21,22,24);/q;+1/p-1. The van der Waals surface area contributed by atoms with Crippen molar-refractivity contribution in [3.8, 4) is 0 Å². The third-order valence-corrected chi connectivity index (χ3v) is 8.46. The number of sulfonamides is 1. The van der Waals surface area contributed by atoms with Gasteiger partial charge in [0, 0.05) is 13.1 Å². The van der Waals surface area contributed by atoms with Gasteiger partial charge in [0.25, 0.3) is 0 Å². The summed E-state index contributed by atoms with van der Waals surface area (Å²) in [7, 11) is -1.70. The van der Waals surface area contributed by atoms with Crippen LogP contribution >= 0.6 is 0 Å². The number of nitrogens with one attached hydrogen (secondary N) is 1. The van der Waals surface area contributed by atoms with Gasteiger partial charge in [0.05, 0.1) is 5.25 Å². The van der Waals surface area contributed by atoms with E-state index in [-0.39, 0.29) is 56.8 Å². The van der Waals surface area contributed by atoms with Gasteiger partial charge in [-0.05, 0) is 91.8 Å². The average Bonchev–Trinajstić information content (AvgIpc) is 3.16. The van der Waals surface area contributed by atoms with Crippen LogP contribution in [0.3, 0.4) is 0 Å². The Hall–Kier alpha value is 0.0364. The van der Waals surface area contributed by atoms with Crippen molar-refractivity contribution in [2.75, 3.05) is 25.5 Å². The molecule has 1 saturated heterocycles. The number of rotatable bonds is 3. The molecule has 6 nitrogen and oxygen atoms in total. The first-order valence-electron chi connectivity index (χ1n) is 9.98. The predicted octanol–water partition coefficient (Wildman–Crippen LogP) is -0.00240. The van der Waals surface area contributed by atoms with Crippen molar-refractivity contribution in [1.82, 2.24) is 4.90 Å². The fraction of sp³-hybridized carbons (Fsp3) is 0.650. The molecule has 1 aromatic carbocycles. The van der Waals surface area contributed by atoms with Gasteiger partial charge in [-0.1, -0.05) is 6.07 Å². The molecule has 0 bridgehead atoms. The van der Waals surface area contributed by atoms with E-state index in [4.69, 9.17) is 0 Å². The number of likely N-dealkylation sites (tertiary alicyclic amines) is 1. The van der Waals surface area contributed by atoms with Crippen LogP contribution in [-0.2, 0) is 35.7 Å². The van der Waals surface area contributed by atoms with Crippen molar-refractivity contribution < 1.29 is 64.6 Å². The molecule has 1 heterocycles. The Morgan fingerprint density at radius 3 is 2.21 bits per heavy atom. The molecule has 3 aliphatic carbocycles. The van der Waals surface area contributed by atoms with Gasteiger partial charge < -0.3 is 14.9 Å². The van der Waals surface area contributed by atoms with Crippen molar-refractivity contribution in [1.29, 1.82) is 0 Å². The molecule has 1 aromatic rings. The second kappa shape index (κ2) is 7.62. The van der Waals surface area contributed by atoms with Crippen molar-refractivity contribution in [2.45, 2.75) is 56.6 Å². The van der Waals surface area contributed by atoms with E-state index >= 15 is 0 Å². The van der Waals surface area contributed by atoms with E-state index in [1.165, 1.54) is 22.3 Å². The summed E-state index contributed by atoms with van der Waals surface area (Å²) < 4.78 is 28.7. The molecule has 0 unspecified atom stereocenters. The van der Waals surface area contributed by atoms with E-state index < -0.39 is 21.3 Å². The molecule has 1 spiro atoms. The number of aryl methyl sites for hydroxylation is 2. The minimum absolute atomic E-state index is 0. The molecule has 0 atom stereocenters. The molecule has 28 heavy (non-hydrogen) atoms. The molecule has 1 saturated carbocycles. The molecule has 2 fully saturated rings. The van der Waals surface area contributed by atoms with E-state index in [2.05, 4.69) is 21.0 Å². The zero-order chi connectivity index (χ0) is 18.8. The number of hydrogen-bond donors (Lipinski definition) is 1. The van der Waals surface area contributed by atoms with Crippen molar-refractivity contribution in [3.05, 3.63) is 33.0 Å².